The van der Waals surface area contributed by atoms with Gasteiger partial charge < -0.3 is 15.3 Å². The SMILES string of the molecule is CCC(C)(O)CN(C)CCN1CCNCC1. The lowest BCUT2D eigenvalue weighted by atomic mass is 10.0. The largest absolute Gasteiger partial charge is 0.389 e. The van der Waals surface area contributed by atoms with Gasteiger partial charge in [-0.1, -0.05) is 6.92 Å². The van der Waals surface area contributed by atoms with Gasteiger partial charge in [0.15, 0.2) is 0 Å². The molecule has 4 heteroatoms. The van der Waals surface area contributed by atoms with Gasteiger partial charge in [-0.2, -0.15) is 0 Å². The molecule has 1 heterocycles. The van der Waals surface area contributed by atoms with Gasteiger partial charge in [-0.15, -0.1) is 0 Å². The van der Waals surface area contributed by atoms with Crippen LogP contribution < -0.4 is 5.32 Å². The van der Waals surface area contributed by atoms with Gasteiger partial charge in [0.2, 0.25) is 0 Å². The molecular weight excluding hydrogens is 202 g/mol. The molecule has 0 saturated carbocycles. The van der Waals surface area contributed by atoms with Crippen LogP contribution in [0, 0.1) is 0 Å². The summed E-state index contributed by atoms with van der Waals surface area (Å²) in [6.07, 6.45) is 0.810. The van der Waals surface area contributed by atoms with E-state index in [1.807, 2.05) is 13.8 Å². The van der Waals surface area contributed by atoms with Crippen molar-refractivity contribution in [3.05, 3.63) is 0 Å². The van der Waals surface area contributed by atoms with Crippen molar-refractivity contribution in [2.24, 2.45) is 0 Å². The predicted molar refractivity (Wildman–Crippen MR) is 67.7 cm³/mol. The molecule has 0 aromatic rings. The molecule has 0 aromatic heterocycles. The number of aliphatic hydroxyl groups is 1. The first-order valence-corrected chi connectivity index (χ1v) is 6.37. The van der Waals surface area contributed by atoms with Crippen LogP contribution in [0.15, 0.2) is 0 Å². The molecule has 0 spiro atoms. The van der Waals surface area contributed by atoms with Crippen molar-refractivity contribution in [1.29, 1.82) is 0 Å². The molecule has 16 heavy (non-hydrogen) atoms. The number of piperazine rings is 1. The minimum absolute atomic E-state index is 0.543. The lowest BCUT2D eigenvalue weighted by Crippen LogP contribution is -2.47. The minimum Gasteiger partial charge on any atom is -0.389 e. The fraction of sp³-hybridized carbons (Fsp3) is 1.00. The van der Waals surface area contributed by atoms with E-state index in [9.17, 15) is 5.11 Å². The molecule has 1 saturated heterocycles. The van der Waals surface area contributed by atoms with Crippen LogP contribution in [-0.4, -0.2) is 73.4 Å². The third-order valence-corrected chi connectivity index (χ3v) is 3.38. The van der Waals surface area contributed by atoms with Crippen LogP contribution in [0.1, 0.15) is 20.3 Å². The zero-order valence-electron chi connectivity index (χ0n) is 11.0. The molecule has 0 radical (unpaired) electrons. The molecular formula is C12H27N3O. The highest BCUT2D eigenvalue weighted by Crippen LogP contribution is 2.09. The van der Waals surface area contributed by atoms with Gasteiger partial charge in [-0.05, 0) is 20.4 Å². The highest BCUT2D eigenvalue weighted by atomic mass is 16.3. The quantitative estimate of drug-likeness (QED) is 0.672. The maximum atomic E-state index is 9.97. The van der Waals surface area contributed by atoms with Crippen molar-refractivity contribution in [3.8, 4) is 0 Å². The first-order valence-electron chi connectivity index (χ1n) is 6.37. The Kier molecular flexibility index (Phi) is 5.69. The second-order valence-corrected chi connectivity index (χ2v) is 5.18. The average molecular weight is 229 g/mol. The van der Waals surface area contributed by atoms with E-state index < -0.39 is 5.60 Å². The molecule has 0 aliphatic carbocycles. The number of hydrogen-bond donors (Lipinski definition) is 2. The maximum Gasteiger partial charge on any atom is 0.0743 e. The second kappa shape index (κ2) is 6.55. The molecule has 0 bridgehead atoms. The third-order valence-electron chi connectivity index (χ3n) is 3.38. The number of nitrogens with one attached hydrogen (secondary N) is 1. The van der Waals surface area contributed by atoms with Gasteiger partial charge >= 0.3 is 0 Å². The molecule has 1 fully saturated rings. The zero-order valence-corrected chi connectivity index (χ0v) is 11.0. The summed E-state index contributed by atoms with van der Waals surface area (Å²) in [5.74, 6) is 0. The number of hydrogen-bond acceptors (Lipinski definition) is 4. The Balaban J connectivity index is 2.16. The van der Waals surface area contributed by atoms with Crippen LogP contribution >= 0.6 is 0 Å². The van der Waals surface area contributed by atoms with Crippen molar-refractivity contribution < 1.29 is 5.11 Å². The summed E-state index contributed by atoms with van der Waals surface area (Å²) in [7, 11) is 2.09. The highest BCUT2D eigenvalue weighted by molar-refractivity contribution is 4.75. The fourth-order valence-electron chi connectivity index (χ4n) is 2.02. The summed E-state index contributed by atoms with van der Waals surface area (Å²) >= 11 is 0. The summed E-state index contributed by atoms with van der Waals surface area (Å²) in [5, 5.41) is 13.3. The monoisotopic (exact) mass is 229 g/mol. The summed E-state index contributed by atoms with van der Waals surface area (Å²) in [5.41, 5.74) is -0.543. The second-order valence-electron chi connectivity index (χ2n) is 5.18. The van der Waals surface area contributed by atoms with Crippen molar-refractivity contribution in [2.75, 3.05) is 52.9 Å². The van der Waals surface area contributed by atoms with Gasteiger partial charge in [0.05, 0.1) is 5.60 Å². The van der Waals surface area contributed by atoms with Crippen LogP contribution in [0.4, 0.5) is 0 Å². The predicted octanol–water partition coefficient (Wildman–Crippen LogP) is -0.0156. The van der Waals surface area contributed by atoms with E-state index in [0.29, 0.717) is 0 Å². The van der Waals surface area contributed by atoms with E-state index in [1.165, 1.54) is 0 Å². The number of likely N-dealkylation sites (N-methyl/N-ethyl adjacent to an activating group) is 1. The molecule has 1 atom stereocenters. The molecule has 1 aliphatic heterocycles. The summed E-state index contributed by atoms with van der Waals surface area (Å²) < 4.78 is 0. The lowest BCUT2D eigenvalue weighted by Gasteiger charge is -2.32. The maximum absolute atomic E-state index is 9.97. The Hall–Kier alpha value is -0.160. The van der Waals surface area contributed by atoms with Crippen LogP contribution in [0.3, 0.4) is 0 Å². The van der Waals surface area contributed by atoms with E-state index in [1.54, 1.807) is 0 Å². The van der Waals surface area contributed by atoms with Crippen LogP contribution in [0.5, 0.6) is 0 Å². The average Bonchev–Trinajstić information content (AvgIpc) is 2.27. The highest BCUT2D eigenvalue weighted by Gasteiger charge is 2.20. The molecule has 4 nitrogen and oxygen atoms in total. The van der Waals surface area contributed by atoms with Crippen molar-refractivity contribution in [1.82, 2.24) is 15.1 Å². The molecule has 1 rings (SSSR count). The zero-order chi connectivity index (χ0) is 12.0. The van der Waals surface area contributed by atoms with Crippen LogP contribution in [-0.2, 0) is 0 Å². The van der Waals surface area contributed by atoms with E-state index in [4.69, 9.17) is 0 Å². The number of rotatable bonds is 6. The van der Waals surface area contributed by atoms with Gasteiger partial charge in [0.25, 0.3) is 0 Å². The van der Waals surface area contributed by atoms with E-state index in [0.717, 1.165) is 52.2 Å². The Morgan fingerprint density at radius 2 is 2.00 bits per heavy atom. The molecule has 96 valence electrons. The Bertz CT molecular complexity index is 191. The molecule has 1 aliphatic rings. The third kappa shape index (κ3) is 5.25. The Morgan fingerprint density at radius 3 is 2.56 bits per heavy atom. The van der Waals surface area contributed by atoms with Gasteiger partial charge in [-0.25, -0.2) is 0 Å². The van der Waals surface area contributed by atoms with Gasteiger partial charge in [-0.3, -0.25) is 4.90 Å². The first kappa shape index (κ1) is 13.9. The molecule has 1 unspecified atom stereocenters. The summed E-state index contributed by atoms with van der Waals surface area (Å²) in [6.45, 7) is 11.4. The van der Waals surface area contributed by atoms with Gasteiger partial charge in [0, 0.05) is 45.8 Å². The summed E-state index contributed by atoms with van der Waals surface area (Å²) in [4.78, 5) is 4.71. The topological polar surface area (TPSA) is 38.7 Å². The van der Waals surface area contributed by atoms with Crippen LogP contribution in [0.2, 0.25) is 0 Å². The lowest BCUT2D eigenvalue weighted by molar-refractivity contribution is 0.0212. The minimum atomic E-state index is -0.543. The smallest absolute Gasteiger partial charge is 0.0743 e. The Labute approximate surface area is 99.6 Å². The van der Waals surface area contributed by atoms with E-state index >= 15 is 0 Å². The van der Waals surface area contributed by atoms with Crippen molar-refractivity contribution >= 4 is 0 Å². The molecule has 0 aromatic carbocycles. The normalized spacial score (nSPS) is 22.3. The van der Waals surface area contributed by atoms with Crippen molar-refractivity contribution in [2.45, 2.75) is 25.9 Å². The first-order chi connectivity index (χ1) is 7.53. The molecule has 0 amide bonds. The fourth-order valence-corrected chi connectivity index (χ4v) is 2.02. The summed E-state index contributed by atoms with van der Waals surface area (Å²) in [6, 6.07) is 0. The van der Waals surface area contributed by atoms with E-state index in [2.05, 4.69) is 22.2 Å². The van der Waals surface area contributed by atoms with E-state index in [-0.39, 0.29) is 0 Å². The van der Waals surface area contributed by atoms with Gasteiger partial charge in [0.1, 0.15) is 0 Å². The standard InChI is InChI=1S/C12H27N3O/c1-4-12(2,16)11-14(3)9-10-15-7-5-13-6-8-15/h13,16H,4-11H2,1-3H3. The van der Waals surface area contributed by atoms with Crippen LogP contribution in [0.25, 0.3) is 0 Å². The molecule has 2 N–H and O–H groups in total. The van der Waals surface area contributed by atoms with Crippen molar-refractivity contribution in [3.63, 3.8) is 0 Å². The number of nitrogens with zero attached hydrogens (tertiary/aromatic N) is 2. The Morgan fingerprint density at radius 1 is 1.38 bits per heavy atom.